The second-order valence-electron chi connectivity index (χ2n) is 7.77. The molecule has 0 saturated carbocycles. The Morgan fingerprint density at radius 1 is 0.938 bits per heavy atom. The Kier molecular flexibility index (Phi) is 5.86. The molecule has 4 aromatic rings. The smallest absolute Gasteiger partial charge is 0.252 e. The van der Waals surface area contributed by atoms with E-state index in [-0.39, 0.29) is 10.8 Å². The minimum absolute atomic E-state index is 0.0678. The number of nitrogens with one attached hydrogen (secondary N) is 1. The number of rotatable bonds is 6. The maximum atomic E-state index is 13.3. The van der Waals surface area contributed by atoms with Crippen molar-refractivity contribution < 1.29 is 17.6 Å². The van der Waals surface area contributed by atoms with Crippen LogP contribution in [0.3, 0.4) is 0 Å². The van der Waals surface area contributed by atoms with Crippen LogP contribution in [0.2, 0.25) is 0 Å². The molecule has 1 atom stereocenters. The van der Waals surface area contributed by atoms with E-state index in [2.05, 4.69) is 5.32 Å². The van der Waals surface area contributed by atoms with Crippen molar-refractivity contribution in [3.8, 4) is 0 Å². The molecule has 0 radical (unpaired) electrons. The third-order valence-corrected chi connectivity index (χ3v) is 7.18. The van der Waals surface area contributed by atoms with Gasteiger partial charge in [0.25, 0.3) is 5.91 Å². The van der Waals surface area contributed by atoms with Crippen molar-refractivity contribution in [2.24, 2.45) is 0 Å². The fourth-order valence-corrected chi connectivity index (χ4v) is 4.46. The van der Waals surface area contributed by atoms with E-state index in [0.717, 1.165) is 20.8 Å². The molecule has 3 aromatic carbocycles. The van der Waals surface area contributed by atoms with Crippen molar-refractivity contribution in [3.05, 3.63) is 101 Å². The standard InChI is InChI=1S/C25H24N2O4S/c1-17-13-14-20(32(29,30)27(2)3)16-21(17)25(28)26-24(18-9-5-4-6-10-18)23-15-19-11-7-8-12-22(19)31-23/h4-16,24H,1-3H3,(H,26,28). The Bertz CT molecular complexity index is 1340. The normalized spacial score (nSPS) is 12.8. The minimum atomic E-state index is -3.66. The van der Waals surface area contributed by atoms with Gasteiger partial charge in [-0.15, -0.1) is 0 Å². The van der Waals surface area contributed by atoms with Gasteiger partial charge in [-0.3, -0.25) is 4.79 Å². The molecule has 1 N–H and O–H groups in total. The summed E-state index contributed by atoms with van der Waals surface area (Å²) in [4.78, 5) is 13.4. The first-order valence-electron chi connectivity index (χ1n) is 10.1. The quantitative estimate of drug-likeness (QED) is 0.471. The first kappa shape index (κ1) is 21.8. The van der Waals surface area contributed by atoms with Gasteiger partial charge in [0.2, 0.25) is 10.0 Å². The second kappa shape index (κ2) is 8.61. The van der Waals surface area contributed by atoms with Crippen LogP contribution in [0, 0.1) is 6.92 Å². The van der Waals surface area contributed by atoms with Crippen LogP contribution in [0.15, 0.2) is 88.2 Å². The van der Waals surface area contributed by atoms with E-state index in [1.165, 1.54) is 26.2 Å². The predicted molar refractivity (Wildman–Crippen MR) is 124 cm³/mol. The number of hydrogen-bond donors (Lipinski definition) is 1. The minimum Gasteiger partial charge on any atom is -0.459 e. The van der Waals surface area contributed by atoms with Crippen LogP contribution in [0.25, 0.3) is 11.0 Å². The van der Waals surface area contributed by atoms with Crippen molar-refractivity contribution in [1.82, 2.24) is 9.62 Å². The van der Waals surface area contributed by atoms with Gasteiger partial charge in [0.1, 0.15) is 17.4 Å². The van der Waals surface area contributed by atoms with Crippen LogP contribution in [0.4, 0.5) is 0 Å². The maximum Gasteiger partial charge on any atom is 0.252 e. The summed E-state index contributed by atoms with van der Waals surface area (Å²) in [7, 11) is -0.744. The number of nitrogens with zero attached hydrogens (tertiary/aromatic N) is 1. The van der Waals surface area contributed by atoms with Gasteiger partial charge in [-0.05, 0) is 42.3 Å². The highest BCUT2D eigenvalue weighted by molar-refractivity contribution is 7.89. The molecule has 0 saturated heterocycles. The Morgan fingerprint density at radius 2 is 1.62 bits per heavy atom. The summed E-state index contributed by atoms with van der Waals surface area (Å²) < 4.78 is 32.3. The van der Waals surface area contributed by atoms with Gasteiger partial charge in [0.15, 0.2) is 0 Å². The summed E-state index contributed by atoms with van der Waals surface area (Å²) in [5.41, 5.74) is 2.56. The molecule has 32 heavy (non-hydrogen) atoms. The summed E-state index contributed by atoms with van der Waals surface area (Å²) in [5.74, 6) is 0.216. The average Bonchev–Trinajstić information content (AvgIpc) is 3.22. The van der Waals surface area contributed by atoms with Gasteiger partial charge in [-0.2, -0.15) is 0 Å². The van der Waals surface area contributed by atoms with E-state index in [1.54, 1.807) is 13.0 Å². The number of sulfonamides is 1. The topological polar surface area (TPSA) is 79.6 Å². The van der Waals surface area contributed by atoms with Gasteiger partial charge in [0, 0.05) is 25.0 Å². The molecule has 6 nitrogen and oxygen atoms in total. The highest BCUT2D eigenvalue weighted by Gasteiger charge is 2.24. The molecule has 0 aliphatic heterocycles. The van der Waals surface area contributed by atoms with E-state index in [9.17, 15) is 13.2 Å². The zero-order chi connectivity index (χ0) is 22.9. The third kappa shape index (κ3) is 4.17. The molecule has 0 spiro atoms. The van der Waals surface area contributed by atoms with Crippen LogP contribution >= 0.6 is 0 Å². The number of carbonyl (C=O) groups is 1. The molecule has 0 aliphatic carbocycles. The number of aryl methyl sites for hydroxylation is 1. The SMILES string of the molecule is Cc1ccc(S(=O)(=O)N(C)C)cc1C(=O)NC(c1ccccc1)c1cc2ccccc2o1. The molecule has 164 valence electrons. The van der Waals surface area contributed by atoms with Gasteiger partial charge in [0.05, 0.1) is 4.90 Å². The number of carbonyl (C=O) groups excluding carboxylic acids is 1. The monoisotopic (exact) mass is 448 g/mol. The van der Waals surface area contributed by atoms with Gasteiger partial charge in [-0.25, -0.2) is 12.7 Å². The first-order chi connectivity index (χ1) is 15.3. The van der Waals surface area contributed by atoms with E-state index in [0.29, 0.717) is 16.9 Å². The molecule has 1 amide bonds. The molecule has 7 heteroatoms. The largest absolute Gasteiger partial charge is 0.459 e. The van der Waals surface area contributed by atoms with Crippen LogP contribution in [0.5, 0.6) is 0 Å². The van der Waals surface area contributed by atoms with E-state index >= 15 is 0 Å². The molecule has 1 heterocycles. The summed E-state index contributed by atoms with van der Waals surface area (Å²) in [5, 5.41) is 3.97. The lowest BCUT2D eigenvalue weighted by Crippen LogP contribution is -2.30. The van der Waals surface area contributed by atoms with Crippen LogP contribution in [-0.4, -0.2) is 32.7 Å². The van der Waals surface area contributed by atoms with Gasteiger partial charge < -0.3 is 9.73 Å². The second-order valence-corrected chi connectivity index (χ2v) is 9.92. The fourth-order valence-electron chi connectivity index (χ4n) is 3.53. The van der Waals surface area contributed by atoms with E-state index in [1.807, 2.05) is 60.7 Å². The zero-order valence-corrected chi connectivity index (χ0v) is 18.9. The van der Waals surface area contributed by atoms with E-state index in [4.69, 9.17) is 4.42 Å². The summed E-state index contributed by atoms with van der Waals surface area (Å²) in [6, 6.07) is 23.1. The Hall–Kier alpha value is -3.42. The van der Waals surface area contributed by atoms with Crippen molar-refractivity contribution >= 4 is 26.9 Å². The molecule has 0 bridgehead atoms. The van der Waals surface area contributed by atoms with Crippen molar-refractivity contribution in [2.45, 2.75) is 17.9 Å². The lowest BCUT2D eigenvalue weighted by molar-refractivity contribution is 0.0938. The lowest BCUT2D eigenvalue weighted by Gasteiger charge is -2.19. The van der Waals surface area contributed by atoms with Crippen LogP contribution in [-0.2, 0) is 10.0 Å². The molecule has 1 aromatic heterocycles. The molecule has 0 fully saturated rings. The Labute approximate surface area is 187 Å². The van der Waals surface area contributed by atoms with E-state index < -0.39 is 16.1 Å². The van der Waals surface area contributed by atoms with Gasteiger partial charge in [-0.1, -0.05) is 54.6 Å². The Morgan fingerprint density at radius 3 is 2.31 bits per heavy atom. The summed E-state index contributed by atoms with van der Waals surface area (Å²) >= 11 is 0. The third-order valence-electron chi connectivity index (χ3n) is 5.37. The predicted octanol–water partition coefficient (Wildman–Crippen LogP) is 4.51. The van der Waals surface area contributed by atoms with Crippen molar-refractivity contribution in [3.63, 3.8) is 0 Å². The Balaban J connectivity index is 1.74. The van der Waals surface area contributed by atoms with Crippen molar-refractivity contribution in [1.29, 1.82) is 0 Å². The molecular weight excluding hydrogens is 424 g/mol. The van der Waals surface area contributed by atoms with Gasteiger partial charge >= 0.3 is 0 Å². The fraction of sp³-hybridized carbons (Fsp3) is 0.160. The molecular formula is C25H24N2O4S. The highest BCUT2D eigenvalue weighted by atomic mass is 32.2. The number of para-hydroxylation sites is 1. The number of hydrogen-bond acceptors (Lipinski definition) is 4. The highest BCUT2D eigenvalue weighted by Crippen LogP contribution is 2.29. The summed E-state index contributed by atoms with van der Waals surface area (Å²) in [6.45, 7) is 1.78. The van der Waals surface area contributed by atoms with Crippen LogP contribution in [0.1, 0.15) is 33.3 Å². The zero-order valence-electron chi connectivity index (χ0n) is 18.1. The number of amides is 1. The molecule has 4 rings (SSSR count). The van der Waals surface area contributed by atoms with Crippen LogP contribution < -0.4 is 5.32 Å². The first-order valence-corrected chi connectivity index (χ1v) is 11.6. The molecule has 1 unspecified atom stereocenters. The number of benzene rings is 3. The average molecular weight is 449 g/mol. The summed E-state index contributed by atoms with van der Waals surface area (Å²) in [6.07, 6.45) is 0. The molecule has 0 aliphatic rings. The lowest BCUT2D eigenvalue weighted by atomic mass is 10.0. The number of furan rings is 1. The maximum absolute atomic E-state index is 13.3. The van der Waals surface area contributed by atoms with Crippen molar-refractivity contribution in [2.75, 3.05) is 14.1 Å². The number of fused-ring (bicyclic) bond motifs is 1.